The zero-order chi connectivity index (χ0) is 16.2. The fraction of sp³-hybridized carbons (Fsp3) is 0.231. The number of methoxy groups -OCH3 is 2. The highest BCUT2D eigenvalue weighted by molar-refractivity contribution is 6.37. The van der Waals surface area contributed by atoms with Crippen molar-refractivity contribution >= 4 is 40.8 Å². The average Bonchev–Trinajstić information content (AvgIpc) is 2.48. The highest BCUT2D eigenvalue weighted by atomic mass is 35.5. The van der Waals surface area contributed by atoms with E-state index in [-0.39, 0.29) is 27.2 Å². The van der Waals surface area contributed by atoms with E-state index in [0.717, 1.165) is 20.3 Å². The third-order valence-electron chi connectivity index (χ3n) is 2.56. The summed E-state index contributed by atoms with van der Waals surface area (Å²) in [5, 5.41) is 12.8. The number of anilines is 1. The van der Waals surface area contributed by atoms with Crippen LogP contribution in [-0.2, 0) is 19.1 Å². The molecule has 8 heteroatoms. The van der Waals surface area contributed by atoms with Crippen LogP contribution in [0.4, 0.5) is 5.69 Å². The number of nitrogens with one attached hydrogen (secondary N) is 1. The van der Waals surface area contributed by atoms with Gasteiger partial charge in [-0.2, -0.15) is 0 Å². The lowest BCUT2D eigenvalue weighted by Gasteiger charge is -2.13. The van der Waals surface area contributed by atoms with Gasteiger partial charge in [-0.25, -0.2) is 9.59 Å². The molecule has 0 aliphatic heterocycles. The Morgan fingerprint density at radius 2 is 1.90 bits per heavy atom. The maximum absolute atomic E-state index is 11.6. The van der Waals surface area contributed by atoms with Gasteiger partial charge in [0.25, 0.3) is 0 Å². The average molecular weight is 334 g/mol. The van der Waals surface area contributed by atoms with Gasteiger partial charge in [-0.3, -0.25) is 0 Å². The molecule has 0 spiro atoms. The van der Waals surface area contributed by atoms with Gasteiger partial charge in [0.15, 0.2) is 5.75 Å². The summed E-state index contributed by atoms with van der Waals surface area (Å²) in [4.78, 5) is 22.9. The number of aromatic hydroxyl groups is 1. The molecule has 0 aliphatic carbocycles. The van der Waals surface area contributed by atoms with Crippen molar-refractivity contribution in [3.63, 3.8) is 0 Å². The molecule has 2 N–H and O–H groups in total. The number of halogens is 2. The number of esters is 2. The molecule has 0 atom stereocenters. The molecule has 21 heavy (non-hydrogen) atoms. The number of phenolic OH excluding ortho intramolecular Hbond substituents is 1. The van der Waals surface area contributed by atoms with Crippen LogP contribution in [0, 0.1) is 6.92 Å². The molecule has 0 saturated carbocycles. The van der Waals surface area contributed by atoms with E-state index < -0.39 is 11.9 Å². The first-order chi connectivity index (χ1) is 9.81. The predicted molar refractivity (Wildman–Crippen MR) is 78.6 cm³/mol. The number of phenols is 1. The minimum absolute atomic E-state index is 0.0345. The van der Waals surface area contributed by atoms with Crippen molar-refractivity contribution < 1.29 is 24.2 Å². The predicted octanol–water partition coefficient (Wildman–Crippen LogP) is 2.65. The molecule has 1 rings (SSSR count). The highest BCUT2D eigenvalue weighted by Crippen LogP contribution is 2.39. The van der Waals surface area contributed by atoms with Crippen LogP contribution in [0.3, 0.4) is 0 Å². The molecule has 0 aromatic heterocycles. The van der Waals surface area contributed by atoms with E-state index in [1.54, 1.807) is 6.92 Å². The van der Waals surface area contributed by atoms with E-state index in [1.165, 1.54) is 6.07 Å². The van der Waals surface area contributed by atoms with Crippen LogP contribution >= 0.6 is 23.2 Å². The zero-order valence-corrected chi connectivity index (χ0v) is 13.0. The molecule has 1 aromatic rings. The van der Waals surface area contributed by atoms with Gasteiger partial charge in [-0.15, -0.1) is 0 Å². The van der Waals surface area contributed by atoms with Gasteiger partial charge >= 0.3 is 11.9 Å². The van der Waals surface area contributed by atoms with Crippen LogP contribution in [0.15, 0.2) is 17.8 Å². The van der Waals surface area contributed by atoms with Crippen LogP contribution in [-0.4, -0.2) is 31.3 Å². The van der Waals surface area contributed by atoms with Crippen LogP contribution < -0.4 is 5.32 Å². The molecule has 0 aliphatic rings. The number of hydrogen-bond donors (Lipinski definition) is 2. The van der Waals surface area contributed by atoms with E-state index in [0.29, 0.717) is 5.56 Å². The second kappa shape index (κ2) is 7.19. The summed E-state index contributed by atoms with van der Waals surface area (Å²) in [5.41, 5.74) is 0.296. The normalized spacial score (nSPS) is 11.0. The monoisotopic (exact) mass is 333 g/mol. The molecule has 114 valence electrons. The van der Waals surface area contributed by atoms with Crippen molar-refractivity contribution in [1.29, 1.82) is 0 Å². The minimum Gasteiger partial charge on any atom is -0.504 e. The Balaban J connectivity index is 3.25. The summed E-state index contributed by atoms with van der Waals surface area (Å²) in [5.74, 6) is -1.91. The smallest absolute Gasteiger partial charge is 0.354 e. The largest absolute Gasteiger partial charge is 0.504 e. The summed E-state index contributed by atoms with van der Waals surface area (Å²) >= 11 is 11.9. The van der Waals surface area contributed by atoms with Crippen LogP contribution in [0.25, 0.3) is 0 Å². The molecule has 0 unspecified atom stereocenters. The number of rotatable bonds is 4. The first-order valence-electron chi connectivity index (χ1n) is 5.64. The molecule has 0 heterocycles. The van der Waals surface area contributed by atoms with Crippen molar-refractivity contribution in [3.8, 4) is 5.75 Å². The second-order valence-corrected chi connectivity index (χ2v) is 4.68. The highest BCUT2D eigenvalue weighted by Gasteiger charge is 2.18. The molecular weight excluding hydrogens is 321 g/mol. The lowest BCUT2D eigenvalue weighted by Crippen LogP contribution is -2.15. The van der Waals surface area contributed by atoms with Crippen molar-refractivity contribution in [3.05, 3.63) is 33.4 Å². The molecule has 0 radical (unpaired) electrons. The zero-order valence-electron chi connectivity index (χ0n) is 11.5. The Morgan fingerprint density at radius 1 is 1.29 bits per heavy atom. The molecule has 0 bridgehead atoms. The Hall–Kier alpha value is -1.92. The summed E-state index contributed by atoms with van der Waals surface area (Å²) in [6.45, 7) is 1.62. The SMILES string of the molecule is COC(=O)/C=C(/Nc1cc(Cl)c(C)c(Cl)c1O)C(=O)OC. The van der Waals surface area contributed by atoms with E-state index >= 15 is 0 Å². The van der Waals surface area contributed by atoms with Gasteiger partial charge in [-0.05, 0) is 18.6 Å². The third kappa shape index (κ3) is 4.03. The van der Waals surface area contributed by atoms with Gasteiger partial charge in [0.2, 0.25) is 0 Å². The summed E-state index contributed by atoms with van der Waals surface area (Å²) in [6.07, 6.45) is 0.882. The molecule has 0 fully saturated rings. The van der Waals surface area contributed by atoms with Crippen molar-refractivity contribution in [2.75, 3.05) is 19.5 Å². The lowest BCUT2D eigenvalue weighted by molar-refractivity contribution is -0.138. The van der Waals surface area contributed by atoms with Crippen LogP contribution in [0.1, 0.15) is 5.56 Å². The Morgan fingerprint density at radius 3 is 2.43 bits per heavy atom. The van der Waals surface area contributed by atoms with Gasteiger partial charge in [0.05, 0.1) is 31.0 Å². The summed E-state index contributed by atoms with van der Waals surface area (Å²) in [6, 6.07) is 1.37. The lowest BCUT2D eigenvalue weighted by atomic mass is 10.2. The standard InChI is InChI=1S/C13H13Cl2NO5/c1-6-7(14)4-8(12(18)11(6)15)16-9(13(19)21-3)5-10(17)20-2/h4-5,16,18H,1-3H3/b9-5+. The molecule has 0 saturated heterocycles. The third-order valence-corrected chi connectivity index (χ3v) is 3.41. The van der Waals surface area contributed by atoms with Crippen molar-refractivity contribution in [2.45, 2.75) is 6.92 Å². The minimum atomic E-state index is -0.826. The topological polar surface area (TPSA) is 84.9 Å². The Bertz CT molecular complexity index is 613. The first kappa shape index (κ1) is 17.1. The number of carbonyl (C=O) groups excluding carboxylic acids is 2. The Kier molecular flexibility index (Phi) is 5.87. The molecule has 0 amide bonds. The van der Waals surface area contributed by atoms with Gasteiger partial charge in [0.1, 0.15) is 5.70 Å². The van der Waals surface area contributed by atoms with Crippen molar-refractivity contribution in [2.24, 2.45) is 0 Å². The van der Waals surface area contributed by atoms with Crippen molar-refractivity contribution in [1.82, 2.24) is 0 Å². The van der Waals surface area contributed by atoms with E-state index in [2.05, 4.69) is 14.8 Å². The summed E-state index contributed by atoms with van der Waals surface area (Å²) in [7, 11) is 2.30. The maximum atomic E-state index is 11.6. The van der Waals surface area contributed by atoms with Crippen LogP contribution in [0.2, 0.25) is 10.0 Å². The van der Waals surface area contributed by atoms with E-state index in [4.69, 9.17) is 23.2 Å². The number of carbonyl (C=O) groups is 2. The molecule has 1 aromatic carbocycles. The fourth-order valence-corrected chi connectivity index (χ4v) is 1.83. The number of benzene rings is 1. The van der Waals surface area contributed by atoms with E-state index in [1.807, 2.05) is 0 Å². The van der Waals surface area contributed by atoms with Crippen LogP contribution in [0.5, 0.6) is 5.75 Å². The first-order valence-corrected chi connectivity index (χ1v) is 6.40. The number of hydrogen-bond acceptors (Lipinski definition) is 6. The summed E-state index contributed by atoms with van der Waals surface area (Å²) < 4.78 is 8.96. The van der Waals surface area contributed by atoms with E-state index in [9.17, 15) is 14.7 Å². The molecular formula is C13H13Cl2NO5. The number of ether oxygens (including phenoxy) is 2. The van der Waals surface area contributed by atoms with Gasteiger partial charge in [0, 0.05) is 5.02 Å². The quantitative estimate of drug-likeness (QED) is 0.500. The fourth-order valence-electron chi connectivity index (χ4n) is 1.38. The maximum Gasteiger partial charge on any atom is 0.354 e. The Labute approximate surface area is 131 Å². The second-order valence-electron chi connectivity index (χ2n) is 3.89. The molecule has 6 nitrogen and oxygen atoms in total. The van der Waals surface area contributed by atoms with Gasteiger partial charge in [-0.1, -0.05) is 23.2 Å². The van der Waals surface area contributed by atoms with Gasteiger partial charge < -0.3 is 19.9 Å².